The normalized spacial score (nSPS) is 12.0. The van der Waals surface area contributed by atoms with Gasteiger partial charge in [-0.2, -0.15) is 0 Å². The van der Waals surface area contributed by atoms with E-state index in [9.17, 15) is 13.5 Å². The van der Waals surface area contributed by atoms with Crippen molar-refractivity contribution in [2.24, 2.45) is 0 Å². The third-order valence-electron chi connectivity index (χ3n) is 3.34. The fraction of sp³-hybridized carbons (Fsp3) is 0.167. The van der Waals surface area contributed by atoms with Crippen LogP contribution in [-0.4, -0.2) is 28.1 Å². The lowest BCUT2D eigenvalue weighted by molar-refractivity contribution is 0.143. The molecule has 128 valence electrons. The molecule has 0 aliphatic heterocycles. The summed E-state index contributed by atoms with van der Waals surface area (Å²) >= 11 is 3.34. The molecule has 25 heavy (non-hydrogen) atoms. The predicted octanol–water partition coefficient (Wildman–Crippen LogP) is 3.16. The molecule has 1 N–H and O–H groups in total. The summed E-state index contributed by atoms with van der Waals surface area (Å²) in [5, 5.41) is 10.5. The van der Waals surface area contributed by atoms with Crippen molar-refractivity contribution in [1.82, 2.24) is 8.96 Å². The minimum atomic E-state index is -3.88. The van der Waals surface area contributed by atoms with Crippen molar-refractivity contribution >= 4 is 37.0 Å². The molecule has 0 unspecified atom stereocenters. The highest BCUT2D eigenvalue weighted by atomic mass is 79.9. The van der Waals surface area contributed by atoms with E-state index in [2.05, 4.69) is 32.8 Å². The van der Waals surface area contributed by atoms with Gasteiger partial charge in [-0.15, -0.1) is 0 Å². The summed E-state index contributed by atoms with van der Waals surface area (Å²) in [5.41, 5.74) is -0.718. The Hall–Kier alpha value is -2.14. The predicted molar refractivity (Wildman–Crippen MR) is 99.6 cm³/mol. The summed E-state index contributed by atoms with van der Waals surface area (Å²) in [6, 6.07) is 11.5. The number of benzene rings is 1. The van der Waals surface area contributed by atoms with Gasteiger partial charge in [-0.1, -0.05) is 24.1 Å². The van der Waals surface area contributed by atoms with Crippen molar-refractivity contribution in [3.05, 3.63) is 58.8 Å². The van der Waals surface area contributed by atoms with E-state index in [1.165, 1.54) is 32.2 Å². The zero-order valence-electron chi connectivity index (χ0n) is 13.6. The molecule has 3 rings (SSSR count). The van der Waals surface area contributed by atoms with Crippen molar-refractivity contribution in [2.75, 3.05) is 0 Å². The van der Waals surface area contributed by atoms with Crippen molar-refractivity contribution in [3.63, 3.8) is 0 Å². The van der Waals surface area contributed by atoms with Crippen LogP contribution in [0.25, 0.3) is 11.0 Å². The lowest BCUT2D eigenvalue weighted by Crippen LogP contribution is -2.17. The van der Waals surface area contributed by atoms with Crippen LogP contribution in [0.1, 0.15) is 19.5 Å². The highest BCUT2D eigenvalue weighted by Gasteiger charge is 2.23. The Balaban J connectivity index is 2.33. The van der Waals surface area contributed by atoms with Crippen molar-refractivity contribution in [1.29, 1.82) is 0 Å². The number of hydrogen-bond acceptors (Lipinski definition) is 4. The molecule has 2 aromatic heterocycles. The highest BCUT2D eigenvalue weighted by Crippen LogP contribution is 2.26. The molecule has 0 fully saturated rings. The first-order valence-corrected chi connectivity index (χ1v) is 9.65. The van der Waals surface area contributed by atoms with Crippen LogP contribution >= 0.6 is 15.9 Å². The molecule has 7 heteroatoms. The van der Waals surface area contributed by atoms with E-state index in [0.29, 0.717) is 5.39 Å². The van der Waals surface area contributed by atoms with Crippen LogP contribution in [0, 0.1) is 11.8 Å². The number of halogens is 1. The van der Waals surface area contributed by atoms with Gasteiger partial charge in [-0.25, -0.2) is 17.4 Å². The second-order valence-electron chi connectivity index (χ2n) is 5.99. The SMILES string of the molecule is CC(C)(O)C#Cc1cc2cc(Br)cnc2n1S(=O)(=O)c1ccccc1. The van der Waals surface area contributed by atoms with Gasteiger partial charge < -0.3 is 5.11 Å². The first-order chi connectivity index (χ1) is 11.7. The van der Waals surface area contributed by atoms with E-state index in [4.69, 9.17) is 0 Å². The minimum absolute atomic E-state index is 0.142. The molecule has 2 heterocycles. The maximum Gasteiger partial charge on any atom is 0.270 e. The van der Waals surface area contributed by atoms with Crippen LogP contribution in [0.4, 0.5) is 0 Å². The van der Waals surface area contributed by atoms with Crippen LogP contribution in [0.5, 0.6) is 0 Å². The third-order valence-corrected chi connectivity index (χ3v) is 5.49. The summed E-state index contributed by atoms with van der Waals surface area (Å²) in [6.45, 7) is 3.07. The van der Waals surface area contributed by atoms with Crippen molar-refractivity contribution in [3.8, 4) is 11.8 Å². The van der Waals surface area contributed by atoms with Crippen LogP contribution in [0.2, 0.25) is 0 Å². The van der Waals surface area contributed by atoms with Gasteiger partial charge in [0.15, 0.2) is 5.65 Å². The zero-order valence-corrected chi connectivity index (χ0v) is 16.0. The van der Waals surface area contributed by atoms with Gasteiger partial charge in [-0.05, 0) is 60.0 Å². The minimum Gasteiger partial charge on any atom is -0.378 e. The van der Waals surface area contributed by atoms with Gasteiger partial charge >= 0.3 is 0 Å². The average molecular weight is 419 g/mol. The van der Waals surface area contributed by atoms with Crippen LogP contribution < -0.4 is 0 Å². The lowest BCUT2D eigenvalue weighted by Gasteiger charge is -2.09. The van der Waals surface area contributed by atoms with Crippen LogP contribution in [-0.2, 0) is 10.0 Å². The molecule has 5 nitrogen and oxygen atoms in total. The van der Waals surface area contributed by atoms with Crippen molar-refractivity contribution in [2.45, 2.75) is 24.3 Å². The van der Waals surface area contributed by atoms with Crippen LogP contribution in [0.3, 0.4) is 0 Å². The van der Waals surface area contributed by atoms with E-state index >= 15 is 0 Å². The molecule has 0 saturated carbocycles. The number of rotatable bonds is 2. The van der Waals surface area contributed by atoms with E-state index in [-0.39, 0.29) is 16.2 Å². The van der Waals surface area contributed by atoms with Gasteiger partial charge in [0.25, 0.3) is 10.0 Å². The standard InChI is InChI=1S/C18H15BrN2O3S/c1-18(2,22)9-8-15-11-13-10-14(19)12-20-17(13)21(15)25(23,24)16-6-4-3-5-7-16/h3-7,10-12,22H,1-2H3. The fourth-order valence-electron chi connectivity index (χ4n) is 2.29. The summed E-state index contributed by atoms with van der Waals surface area (Å²) in [4.78, 5) is 4.39. The van der Waals surface area contributed by atoms with Crippen molar-refractivity contribution < 1.29 is 13.5 Å². The number of aliphatic hydroxyl groups is 1. The molecule has 0 amide bonds. The Kier molecular flexibility index (Phi) is 4.45. The van der Waals surface area contributed by atoms with E-state index in [1.54, 1.807) is 30.3 Å². The summed E-state index contributed by atoms with van der Waals surface area (Å²) in [7, 11) is -3.88. The molecular formula is C18H15BrN2O3S. The summed E-state index contributed by atoms with van der Waals surface area (Å²) in [5.74, 6) is 5.42. The number of hydrogen-bond donors (Lipinski definition) is 1. The first kappa shape index (κ1) is 17.7. The summed E-state index contributed by atoms with van der Waals surface area (Å²) < 4.78 is 28.1. The van der Waals surface area contributed by atoms with Gasteiger partial charge in [0.05, 0.1) is 4.90 Å². The van der Waals surface area contributed by atoms with Gasteiger partial charge in [0.1, 0.15) is 11.3 Å². The Morgan fingerprint density at radius 1 is 1.20 bits per heavy atom. The van der Waals surface area contributed by atoms with Gasteiger partial charge in [-0.3, -0.25) is 0 Å². The number of nitrogens with zero attached hydrogens (tertiary/aromatic N) is 2. The summed E-state index contributed by atoms with van der Waals surface area (Å²) in [6.07, 6.45) is 1.53. The average Bonchev–Trinajstić information content (AvgIpc) is 2.91. The second kappa shape index (κ2) is 6.30. The maximum absolute atomic E-state index is 13.1. The monoisotopic (exact) mass is 418 g/mol. The Bertz CT molecular complexity index is 1100. The smallest absolute Gasteiger partial charge is 0.270 e. The van der Waals surface area contributed by atoms with E-state index in [1.807, 2.05) is 0 Å². The Morgan fingerprint density at radius 2 is 1.88 bits per heavy atom. The third kappa shape index (κ3) is 3.61. The molecular weight excluding hydrogens is 404 g/mol. The number of aromatic nitrogens is 2. The molecule has 0 bridgehead atoms. The molecule has 0 atom stereocenters. The largest absolute Gasteiger partial charge is 0.378 e. The number of fused-ring (bicyclic) bond motifs is 1. The maximum atomic E-state index is 13.1. The van der Waals surface area contributed by atoms with E-state index < -0.39 is 15.6 Å². The Morgan fingerprint density at radius 3 is 2.52 bits per heavy atom. The molecule has 0 aliphatic carbocycles. The Labute approximate surface area is 154 Å². The topological polar surface area (TPSA) is 72.2 Å². The second-order valence-corrected chi connectivity index (χ2v) is 8.69. The highest BCUT2D eigenvalue weighted by molar-refractivity contribution is 9.10. The quantitative estimate of drug-likeness (QED) is 0.648. The first-order valence-electron chi connectivity index (χ1n) is 7.42. The molecule has 1 aromatic carbocycles. The molecule has 0 radical (unpaired) electrons. The molecule has 0 saturated heterocycles. The molecule has 0 spiro atoms. The van der Waals surface area contributed by atoms with Crippen LogP contribution in [0.15, 0.2) is 58.0 Å². The zero-order chi connectivity index (χ0) is 18.2. The lowest BCUT2D eigenvalue weighted by atomic mass is 10.1. The molecule has 3 aromatic rings. The van der Waals surface area contributed by atoms with E-state index in [0.717, 1.165) is 8.45 Å². The van der Waals surface area contributed by atoms with Gasteiger partial charge in [0.2, 0.25) is 0 Å². The molecule has 0 aliphatic rings. The fourth-order valence-corrected chi connectivity index (χ4v) is 4.09. The number of pyridine rings is 1. The van der Waals surface area contributed by atoms with Gasteiger partial charge in [0, 0.05) is 16.1 Å².